The normalized spacial score (nSPS) is 17.5. The highest BCUT2D eigenvalue weighted by atomic mass is 16.4. The van der Waals surface area contributed by atoms with E-state index in [1.165, 1.54) is 0 Å². The Morgan fingerprint density at radius 2 is 1.80 bits per heavy atom. The second-order valence-electron chi connectivity index (χ2n) is 6.21. The second kappa shape index (κ2) is 7.34. The first kappa shape index (κ1) is 17.0. The molecular weight excluding hydrogens is 318 g/mol. The van der Waals surface area contributed by atoms with Gasteiger partial charge in [-0.05, 0) is 30.5 Å². The molecule has 1 aliphatic heterocycles. The number of rotatable bonds is 6. The zero-order chi connectivity index (χ0) is 17.7. The van der Waals surface area contributed by atoms with Crippen LogP contribution in [0.25, 0.3) is 0 Å². The van der Waals surface area contributed by atoms with Gasteiger partial charge in [0.2, 0.25) is 6.41 Å². The van der Waals surface area contributed by atoms with E-state index in [0.29, 0.717) is 24.8 Å². The van der Waals surface area contributed by atoms with Gasteiger partial charge in [-0.2, -0.15) is 0 Å². The Bertz CT molecular complexity index is 715. The predicted molar refractivity (Wildman–Crippen MR) is 94.1 cm³/mol. The number of nitrogens with one attached hydrogen (secondary N) is 1. The molecule has 1 aliphatic rings. The number of piperidine rings is 1. The number of hydrogen-bond donors (Lipinski definition) is 2. The lowest BCUT2D eigenvalue weighted by molar-refractivity contribution is -0.150. The van der Waals surface area contributed by atoms with E-state index in [1.54, 1.807) is 36.7 Å². The van der Waals surface area contributed by atoms with Gasteiger partial charge in [-0.15, -0.1) is 0 Å². The Kier molecular flexibility index (Phi) is 4.97. The lowest BCUT2D eigenvalue weighted by Gasteiger charge is -2.42. The Labute approximate surface area is 146 Å². The van der Waals surface area contributed by atoms with E-state index in [1.807, 2.05) is 18.2 Å². The average Bonchev–Trinajstić information content (AvgIpc) is 2.67. The maximum atomic E-state index is 12.2. The molecule has 1 aromatic carbocycles. The molecular formula is C19H21N3O3. The number of carboxylic acid groups (broad SMARTS) is 1. The quantitative estimate of drug-likeness (QED) is 0.787. The monoisotopic (exact) mass is 339 g/mol. The Balaban J connectivity index is 1.86. The Morgan fingerprint density at radius 3 is 2.36 bits per heavy atom. The van der Waals surface area contributed by atoms with Gasteiger partial charge in [0.15, 0.2) is 5.54 Å². The predicted octanol–water partition coefficient (Wildman–Crippen LogP) is 2.02. The van der Waals surface area contributed by atoms with Crippen molar-refractivity contribution in [3.63, 3.8) is 0 Å². The third-order valence-electron chi connectivity index (χ3n) is 4.99. The van der Waals surface area contributed by atoms with Gasteiger partial charge >= 0.3 is 5.97 Å². The van der Waals surface area contributed by atoms with Crippen LogP contribution in [-0.4, -0.2) is 35.6 Å². The van der Waals surface area contributed by atoms with Crippen molar-refractivity contribution in [2.24, 2.45) is 5.92 Å². The molecule has 1 amide bonds. The summed E-state index contributed by atoms with van der Waals surface area (Å²) >= 11 is 0. The summed E-state index contributed by atoms with van der Waals surface area (Å²) in [5.41, 5.74) is 0.294. The number of benzene rings is 1. The molecule has 130 valence electrons. The molecule has 0 bridgehead atoms. The van der Waals surface area contributed by atoms with Crippen LogP contribution in [0.1, 0.15) is 18.4 Å². The summed E-state index contributed by atoms with van der Waals surface area (Å²) in [5, 5.41) is 12.6. The molecule has 0 spiro atoms. The van der Waals surface area contributed by atoms with Gasteiger partial charge in [-0.1, -0.05) is 30.3 Å². The highest BCUT2D eigenvalue weighted by Gasteiger charge is 2.48. The fraction of sp³-hybridized carbons (Fsp3) is 0.316. The van der Waals surface area contributed by atoms with Crippen LogP contribution in [0.3, 0.4) is 0 Å². The molecule has 2 aromatic rings. The smallest absolute Gasteiger partial charge is 0.334 e. The van der Waals surface area contributed by atoms with Crippen LogP contribution >= 0.6 is 0 Å². The van der Waals surface area contributed by atoms with E-state index < -0.39 is 11.5 Å². The molecule has 6 nitrogen and oxygen atoms in total. The molecule has 1 atom stereocenters. The van der Waals surface area contributed by atoms with E-state index >= 15 is 0 Å². The van der Waals surface area contributed by atoms with Crippen LogP contribution < -0.4 is 10.2 Å². The molecule has 0 saturated carbocycles. The molecule has 1 aromatic heterocycles. The summed E-state index contributed by atoms with van der Waals surface area (Å²) in [7, 11) is 0. The van der Waals surface area contributed by atoms with Crippen LogP contribution in [0.4, 0.5) is 5.69 Å². The number of amides is 1. The number of aliphatic carboxylic acids is 1. The van der Waals surface area contributed by atoms with Crippen molar-refractivity contribution in [1.29, 1.82) is 0 Å². The number of carboxylic acids is 1. The average molecular weight is 339 g/mol. The van der Waals surface area contributed by atoms with Crippen molar-refractivity contribution >= 4 is 18.1 Å². The van der Waals surface area contributed by atoms with Crippen molar-refractivity contribution in [3.8, 4) is 0 Å². The number of carbonyl (C=O) groups is 2. The van der Waals surface area contributed by atoms with E-state index in [4.69, 9.17) is 0 Å². The summed E-state index contributed by atoms with van der Waals surface area (Å²) in [5.74, 6) is -1.20. The molecule has 6 heteroatoms. The molecule has 0 radical (unpaired) electrons. The summed E-state index contributed by atoms with van der Waals surface area (Å²) in [6.45, 7) is 1.47. The minimum Gasteiger partial charge on any atom is -0.479 e. The van der Waals surface area contributed by atoms with E-state index in [0.717, 1.165) is 18.8 Å². The number of carbonyl (C=O) groups excluding carboxylic acids is 1. The molecule has 2 N–H and O–H groups in total. The molecule has 25 heavy (non-hydrogen) atoms. The Hall–Kier alpha value is -2.89. The van der Waals surface area contributed by atoms with E-state index in [-0.39, 0.29) is 5.92 Å². The minimum absolute atomic E-state index is 0.185. The number of nitrogens with zero attached hydrogens (tertiary/aromatic N) is 2. The second-order valence-corrected chi connectivity index (χ2v) is 6.21. The Morgan fingerprint density at radius 1 is 1.16 bits per heavy atom. The first-order valence-electron chi connectivity index (χ1n) is 8.33. The fourth-order valence-electron chi connectivity index (χ4n) is 3.72. The van der Waals surface area contributed by atoms with Gasteiger partial charge in [0.1, 0.15) is 0 Å². The number of pyridine rings is 1. The van der Waals surface area contributed by atoms with Crippen molar-refractivity contribution in [1.82, 2.24) is 10.3 Å². The van der Waals surface area contributed by atoms with Gasteiger partial charge < -0.3 is 15.3 Å². The van der Waals surface area contributed by atoms with Crippen LogP contribution in [0.5, 0.6) is 0 Å². The fourth-order valence-corrected chi connectivity index (χ4v) is 3.72. The summed E-state index contributed by atoms with van der Waals surface area (Å²) in [6.07, 6.45) is 5.34. The van der Waals surface area contributed by atoms with E-state index in [2.05, 4.69) is 15.2 Å². The zero-order valence-electron chi connectivity index (χ0n) is 13.8. The summed E-state index contributed by atoms with van der Waals surface area (Å²) in [4.78, 5) is 29.7. The van der Waals surface area contributed by atoms with Crippen LogP contribution in [0.15, 0.2) is 54.9 Å². The van der Waals surface area contributed by atoms with E-state index in [9.17, 15) is 14.7 Å². The number of hydrogen-bond acceptors (Lipinski definition) is 4. The molecule has 3 rings (SSSR count). The SMILES string of the molecule is O=CNC(C(=O)O)(c1ccccc1)C1CCN(c2ccncc2)CC1. The molecule has 2 heterocycles. The highest BCUT2D eigenvalue weighted by Crippen LogP contribution is 2.37. The maximum Gasteiger partial charge on any atom is 0.334 e. The van der Waals surface area contributed by atoms with Gasteiger partial charge in [0.05, 0.1) is 0 Å². The molecule has 1 fully saturated rings. The first-order chi connectivity index (χ1) is 12.2. The standard InChI is InChI=1S/C19H21N3O3/c23-14-21-19(18(24)25,15-4-2-1-3-5-15)16-8-12-22(13-9-16)17-6-10-20-11-7-17/h1-7,10-11,14,16H,8-9,12-13H2,(H,21,23)(H,24,25). The summed E-state index contributed by atoms with van der Waals surface area (Å²) < 4.78 is 0. The van der Waals surface area contributed by atoms with Gasteiger partial charge in [0.25, 0.3) is 0 Å². The minimum atomic E-state index is -1.40. The maximum absolute atomic E-state index is 12.2. The van der Waals surface area contributed by atoms with Crippen molar-refractivity contribution < 1.29 is 14.7 Å². The zero-order valence-corrected chi connectivity index (χ0v) is 13.8. The van der Waals surface area contributed by atoms with Crippen LogP contribution in [0, 0.1) is 5.92 Å². The lowest BCUT2D eigenvalue weighted by Crippen LogP contribution is -2.56. The lowest BCUT2D eigenvalue weighted by atomic mass is 9.73. The molecule has 1 saturated heterocycles. The van der Waals surface area contributed by atoms with Gasteiger partial charge in [-0.3, -0.25) is 9.78 Å². The van der Waals surface area contributed by atoms with Gasteiger partial charge in [-0.25, -0.2) is 4.79 Å². The van der Waals surface area contributed by atoms with Crippen LogP contribution in [-0.2, 0) is 15.1 Å². The first-order valence-corrected chi connectivity index (χ1v) is 8.33. The van der Waals surface area contributed by atoms with Crippen LogP contribution in [0.2, 0.25) is 0 Å². The van der Waals surface area contributed by atoms with Crippen molar-refractivity contribution in [2.75, 3.05) is 18.0 Å². The third-order valence-corrected chi connectivity index (χ3v) is 4.99. The topological polar surface area (TPSA) is 82.5 Å². The summed E-state index contributed by atoms with van der Waals surface area (Å²) in [6, 6.07) is 12.9. The number of anilines is 1. The van der Waals surface area contributed by atoms with Crippen molar-refractivity contribution in [3.05, 3.63) is 60.4 Å². The third kappa shape index (κ3) is 3.20. The molecule has 1 unspecified atom stereocenters. The van der Waals surface area contributed by atoms with Crippen molar-refractivity contribution in [2.45, 2.75) is 18.4 Å². The highest BCUT2D eigenvalue weighted by molar-refractivity contribution is 5.84. The largest absolute Gasteiger partial charge is 0.479 e. The van der Waals surface area contributed by atoms with Gasteiger partial charge in [0, 0.05) is 37.1 Å². The number of aromatic nitrogens is 1. The molecule has 0 aliphatic carbocycles.